The molecule has 5 saturated carbocycles. The maximum absolute atomic E-state index is 14.0. The molecule has 2 saturated heterocycles. The lowest BCUT2D eigenvalue weighted by molar-refractivity contribution is -0.409. The maximum Gasteiger partial charge on any atom is 0.449 e. The van der Waals surface area contributed by atoms with E-state index in [1.54, 1.807) is 20.8 Å². The summed E-state index contributed by atoms with van der Waals surface area (Å²) in [7, 11) is 0. The minimum absolute atomic E-state index is 0.100. The van der Waals surface area contributed by atoms with Gasteiger partial charge in [-0.15, -0.1) is 0 Å². The van der Waals surface area contributed by atoms with Crippen LogP contribution in [-0.2, 0) is 57.1 Å². The Labute approximate surface area is 509 Å². The standard InChI is InChI=1S/C22H38O4.C17H26F6O4.C12H17F5O4.C10H16O4/c1-8-17(2,3)16(23)26-22-11-15-9-20(13-22,18(4,5)24)12-21(10-15,14-22)19(6,7)25;1-5-13(2,3)12(24)27-11-6-8-14(4,9-7-11)26-10-15(25,16(18,19)20)17(21,22)23;1-5-8(2,3)7(18)21-9(4)6-20-11(19,10(9,13)14)12(15,16)17;1-4-10(2,3)9(12)14-7-5-8(11)13-6-7/h15,24-25H,8-14H2,1-7H3;11,25H,5-10H2,1-4H3;19H,5-6H2,1-4H3;7H,4-6H2,1-3H3. The summed E-state index contributed by atoms with van der Waals surface area (Å²) in [6.45, 7) is 27.7. The Morgan fingerprint density at radius 2 is 0.966 bits per heavy atom. The third kappa shape index (κ3) is 16.6. The molecule has 4 bridgehead atoms. The van der Waals surface area contributed by atoms with Gasteiger partial charge in [-0.1, -0.05) is 27.7 Å². The number of alkyl halides is 11. The van der Waals surface area contributed by atoms with Gasteiger partial charge in [0, 0.05) is 10.8 Å². The van der Waals surface area contributed by atoms with E-state index in [1.165, 1.54) is 20.8 Å². The van der Waals surface area contributed by atoms with Crippen LogP contribution in [0, 0.1) is 38.4 Å². The third-order valence-electron chi connectivity index (χ3n) is 19.9. The predicted molar refractivity (Wildman–Crippen MR) is 295 cm³/mol. The van der Waals surface area contributed by atoms with E-state index >= 15 is 0 Å². The number of carbonyl (C=O) groups excluding carboxylic acids is 5. The van der Waals surface area contributed by atoms with Crippen molar-refractivity contribution in [3.05, 3.63) is 0 Å². The van der Waals surface area contributed by atoms with Crippen molar-refractivity contribution in [2.45, 2.75) is 297 Å². The van der Waals surface area contributed by atoms with Crippen molar-refractivity contribution in [1.29, 1.82) is 0 Å². The van der Waals surface area contributed by atoms with Gasteiger partial charge in [-0.25, -0.2) is 0 Å². The molecule has 0 aromatic carbocycles. The molecule has 0 aromatic rings. The summed E-state index contributed by atoms with van der Waals surface area (Å²) in [5.41, 5.74) is -14.8. The van der Waals surface area contributed by atoms with Crippen molar-refractivity contribution in [2.24, 2.45) is 38.4 Å². The van der Waals surface area contributed by atoms with E-state index in [2.05, 4.69) is 9.47 Å². The largest absolute Gasteiger partial charge is 0.462 e. The fraction of sp³-hybridized carbons (Fsp3) is 0.918. The molecule has 5 aliphatic carbocycles. The van der Waals surface area contributed by atoms with E-state index < -0.39 is 117 Å². The number of hydrogen-bond donors (Lipinski definition) is 4. The molecule has 0 radical (unpaired) electrons. The van der Waals surface area contributed by atoms with Crippen molar-refractivity contribution in [3.63, 3.8) is 0 Å². The first-order valence-corrected chi connectivity index (χ1v) is 30.0. The van der Waals surface area contributed by atoms with E-state index in [1.807, 2.05) is 76.2 Å². The van der Waals surface area contributed by atoms with Crippen LogP contribution in [0.4, 0.5) is 48.3 Å². The number of aliphatic hydroxyl groups is 4. The molecule has 4 N–H and O–H groups in total. The highest BCUT2D eigenvalue weighted by atomic mass is 19.4. The van der Waals surface area contributed by atoms with Gasteiger partial charge in [0.15, 0.2) is 0 Å². The summed E-state index contributed by atoms with van der Waals surface area (Å²) in [6, 6.07) is 0. The molecule has 7 aliphatic rings. The number of ether oxygens (including phenoxy) is 7. The molecule has 2 aliphatic heterocycles. The lowest BCUT2D eigenvalue weighted by Crippen LogP contribution is -2.70. The second kappa shape index (κ2) is 26.0. The van der Waals surface area contributed by atoms with Crippen LogP contribution in [0.5, 0.6) is 0 Å². The number of hydrogen-bond acceptors (Lipinski definition) is 16. The topological polar surface area (TPSA) is 231 Å². The zero-order valence-corrected chi connectivity index (χ0v) is 54.3. The molecular weight excluding hydrogens is 1200 g/mol. The quantitative estimate of drug-likeness (QED) is 0.0602. The summed E-state index contributed by atoms with van der Waals surface area (Å²) in [4.78, 5) is 59.1. The van der Waals surface area contributed by atoms with Gasteiger partial charge in [-0.3, -0.25) is 24.0 Å². The normalized spacial score (nSPS) is 31.0. The fourth-order valence-corrected chi connectivity index (χ4v) is 11.5. The van der Waals surface area contributed by atoms with Crippen LogP contribution < -0.4 is 0 Å². The summed E-state index contributed by atoms with van der Waals surface area (Å²) in [5, 5.41) is 40.5. The van der Waals surface area contributed by atoms with E-state index in [0.717, 1.165) is 32.1 Å². The van der Waals surface area contributed by atoms with E-state index in [4.69, 9.17) is 23.7 Å². The van der Waals surface area contributed by atoms with Crippen LogP contribution in [0.3, 0.4) is 0 Å². The SMILES string of the molecule is CCC(C)(C)C(=O)OC1(C)COC(O)(C(F)(F)F)C1(F)F.CCC(C)(C)C(=O)OC12CC3CC(C(C)(C)O)(C1)CC(C(C)(C)O)(C3)C2.CCC(C)(C)C(=O)OC1CCC(C)(OCC(O)(C(F)(F)F)C(F)(F)F)CC1.CCC(C)(C)C(=O)OC1COC(=O)C1. The lowest BCUT2D eigenvalue weighted by Gasteiger charge is -2.70. The Morgan fingerprint density at radius 1 is 0.580 bits per heavy atom. The van der Waals surface area contributed by atoms with Gasteiger partial charge < -0.3 is 53.6 Å². The first-order valence-electron chi connectivity index (χ1n) is 30.0. The molecule has 88 heavy (non-hydrogen) atoms. The molecule has 16 nitrogen and oxygen atoms in total. The Bertz CT molecular complexity index is 2410. The fourth-order valence-electron chi connectivity index (χ4n) is 11.5. The molecule has 0 amide bonds. The zero-order valence-electron chi connectivity index (χ0n) is 54.3. The summed E-state index contributed by atoms with van der Waals surface area (Å²) in [6.07, 6.45) is -10.3. The first-order chi connectivity index (χ1) is 39.2. The van der Waals surface area contributed by atoms with Gasteiger partial charge in [0.2, 0.25) is 5.60 Å². The van der Waals surface area contributed by atoms with Crippen molar-refractivity contribution in [1.82, 2.24) is 0 Å². The third-order valence-corrected chi connectivity index (χ3v) is 19.9. The van der Waals surface area contributed by atoms with Gasteiger partial charge >= 0.3 is 60.1 Å². The molecule has 2 heterocycles. The van der Waals surface area contributed by atoms with E-state index in [9.17, 15) is 92.7 Å². The maximum atomic E-state index is 14.0. The van der Waals surface area contributed by atoms with Crippen LogP contribution >= 0.6 is 0 Å². The Balaban J connectivity index is 0.000000314. The molecule has 7 fully saturated rings. The van der Waals surface area contributed by atoms with Crippen LogP contribution in [-0.4, -0.2) is 146 Å². The molecule has 0 spiro atoms. The van der Waals surface area contributed by atoms with Gasteiger partial charge in [0.05, 0.1) is 58.1 Å². The summed E-state index contributed by atoms with van der Waals surface area (Å²) in [5.74, 6) is -11.3. The van der Waals surface area contributed by atoms with Gasteiger partial charge in [0.25, 0.3) is 5.60 Å². The number of cyclic esters (lactones) is 1. The van der Waals surface area contributed by atoms with Crippen LogP contribution in [0.1, 0.15) is 221 Å². The molecule has 7 rings (SSSR count). The average Bonchev–Trinajstić information content (AvgIpc) is 0.707. The molecule has 514 valence electrons. The monoisotopic (exact) mass is 1290 g/mol. The lowest BCUT2D eigenvalue weighted by atomic mass is 9.37. The van der Waals surface area contributed by atoms with Crippen LogP contribution in [0.15, 0.2) is 0 Å². The van der Waals surface area contributed by atoms with E-state index in [-0.39, 0.29) is 80.0 Å². The molecule has 5 unspecified atom stereocenters. The van der Waals surface area contributed by atoms with Gasteiger partial charge in [-0.2, -0.15) is 48.3 Å². The second-order valence-corrected chi connectivity index (χ2v) is 29.4. The van der Waals surface area contributed by atoms with Gasteiger partial charge in [-0.05, 0) is 193 Å². The molecular formula is C61H97F11O16. The predicted octanol–water partition coefficient (Wildman–Crippen LogP) is 12.7. The zero-order chi connectivity index (χ0) is 68.8. The van der Waals surface area contributed by atoms with E-state index in [0.29, 0.717) is 38.5 Å². The Hall–Kier alpha value is -3.66. The van der Waals surface area contributed by atoms with Crippen molar-refractivity contribution >= 4 is 29.8 Å². The second-order valence-electron chi connectivity index (χ2n) is 29.4. The number of carbonyl (C=O) groups is 5. The highest BCUT2D eigenvalue weighted by Crippen LogP contribution is 2.72. The Morgan fingerprint density at radius 3 is 1.31 bits per heavy atom. The molecule has 0 aromatic heterocycles. The minimum Gasteiger partial charge on any atom is -0.462 e. The van der Waals surface area contributed by atoms with Gasteiger partial charge in [0.1, 0.15) is 24.4 Å². The summed E-state index contributed by atoms with van der Waals surface area (Å²) < 4.78 is 177. The molecule has 5 atom stereocenters. The van der Waals surface area contributed by atoms with Crippen molar-refractivity contribution in [3.8, 4) is 0 Å². The first kappa shape index (κ1) is 78.6. The van der Waals surface area contributed by atoms with Crippen molar-refractivity contribution in [2.75, 3.05) is 19.8 Å². The number of esters is 5. The highest BCUT2D eigenvalue weighted by molar-refractivity contribution is 5.78. The minimum atomic E-state index is -5.92. The smallest absolute Gasteiger partial charge is 0.449 e. The Kier molecular flexibility index (Phi) is 23.2. The number of halogens is 11. The molecule has 27 heteroatoms. The van der Waals surface area contributed by atoms with Crippen LogP contribution in [0.25, 0.3) is 0 Å². The average molecular weight is 1300 g/mol. The van der Waals surface area contributed by atoms with Crippen molar-refractivity contribution < 1.29 is 126 Å². The number of rotatable bonds is 17. The summed E-state index contributed by atoms with van der Waals surface area (Å²) >= 11 is 0. The highest BCUT2D eigenvalue weighted by Gasteiger charge is 2.83. The van der Waals surface area contributed by atoms with Crippen LogP contribution in [0.2, 0.25) is 0 Å².